The third kappa shape index (κ3) is 5.11. The predicted octanol–water partition coefficient (Wildman–Crippen LogP) is 5.77. The van der Waals surface area contributed by atoms with Crippen LogP contribution in [0.4, 0.5) is 0 Å². The molecule has 0 bridgehead atoms. The fraction of sp³-hybridized carbons (Fsp3) is 0.222. The lowest BCUT2D eigenvalue weighted by atomic mass is 9.90. The largest absolute Gasteiger partial charge is 0.506 e. The summed E-state index contributed by atoms with van der Waals surface area (Å²) in [5, 5.41) is 29.8. The number of benzene rings is 3. The molecule has 11 heteroatoms. The molecule has 1 fully saturated rings. The molecule has 196 valence electrons. The minimum atomic E-state index is -0.902. The van der Waals surface area contributed by atoms with Gasteiger partial charge < -0.3 is 20.9 Å². The number of aromatic nitrogens is 2. The van der Waals surface area contributed by atoms with E-state index in [4.69, 9.17) is 34.3 Å². The Labute approximate surface area is 237 Å². The molecule has 6 N–H and O–H groups in total. The van der Waals surface area contributed by atoms with E-state index in [1.807, 2.05) is 11.0 Å². The van der Waals surface area contributed by atoms with Gasteiger partial charge in [0.05, 0.1) is 21.1 Å². The first kappa shape index (κ1) is 26.5. The number of hydrogen-bond acceptors (Lipinski definition) is 5. The molecule has 1 aromatic heterocycles. The van der Waals surface area contributed by atoms with E-state index >= 15 is 0 Å². The number of aromatic hydroxyl groups is 1. The number of rotatable bonds is 7. The first-order chi connectivity index (χ1) is 18.1. The maximum absolute atomic E-state index is 12.4. The summed E-state index contributed by atoms with van der Waals surface area (Å²) in [5.41, 5.74) is 9.64. The third-order valence-electron chi connectivity index (χ3n) is 7.00. The second-order valence-electron chi connectivity index (χ2n) is 9.33. The lowest BCUT2D eigenvalue weighted by molar-refractivity contribution is -0.142. The van der Waals surface area contributed by atoms with Gasteiger partial charge in [-0.1, -0.05) is 29.3 Å². The summed E-state index contributed by atoms with van der Waals surface area (Å²) in [6, 6.07) is 13.4. The van der Waals surface area contributed by atoms with E-state index in [9.17, 15) is 15.0 Å². The maximum Gasteiger partial charge on any atom is 0.321 e. The Bertz CT molecular complexity index is 1570. The highest BCUT2D eigenvalue weighted by Crippen LogP contribution is 2.42. The number of amidine groups is 1. The van der Waals surface area contributed by atoms with Crippen molar-refractivity contribution in [3.63, 3.8) is 0 Å². The van der Waals surface area contributed by atoms with Crippen LogP contribution >= 0.6 is 39.1 Å². The molecule has 1 unspecified atom stereocenters. The SMILES string of the molecule is N=C(N)c1ccc2nc(-c3cc(C4CCN(CCc5ccc(Cl)cc5Cl)[C@@H]4C(=O)O)cc(Br)c3O)[nH]c2c1. The molecular formula is C27H24BrCl2N5O3. The summed E-state index contributed by atoms with van der Waals surface area (Å²) < 4.78 is 0.449. The normalized spacial score (nSPS) is 17.8. The van der Waals surface area contributed by atoms with Crippen LogP contribution in [0.25, 0.3) is 22.4 Å². The van der Waals surface area contributed by atoms with E-state index in [2.05, 4.69) is 25.9 Å². The van der Waals surface area contributed by atoms with Gasteiger partial charge in [-0.15, -0.1) is 0 Å². The number of nitrogens with one attached hydrogen (secondary N) is 2. The van der Waals surface area contributed by atoms with Crippen molar-refractivity contribution in [3.8, 4) is 17.1 Å². The van der Waals surface area contributed by atoms with Crippen LogP contribution in [0.5, 0.6) is 5.75 Å². The van der Waals surface area contributed by atoms with Crippen molar-refractivity contribution in [2.75, 3.05) is 13.1 Å². The summed E-state index contributed by atoms with van der Waals surface area (Å²) in [4.78, 5) is 22.2. The topological polar surface area (TPSA) is 139 Å². The molecule has 1 saturated heterocycles. The number of carboxylic acids is 1. The Kier molecular flexibility index (Phi) is 7.37. The number of hydrogen-bond donors (Lipinski definition) is 5. The molecule has 0 spiro atoms. The van der Waals surface area contributed by atoms with Crippen molar-refractivity contribution in [2.45, 2.75) is 24.8 Å². The highest BCUT2D eigenvalue weighted by Gasteiger charge is 2.40. The van der Waals surface area contributed by atoms with Crippen molar-refractivity contribution in [2.24, 2.45) is 5.73 Å². The van der Waals surface area contributed by atoms with Crippen LogP contribution in [0, 0.1) is 5.41 Å². The third-order valence-corrected chi connectivity index (χ3v) is 8.19. The Hall–Kier alpha value is -3.11. The summed E-state index contributed by atoms with van der Waals surface area (Å²) >= 11 is 15.8. The average Bonchev–Trinajstić information content (AvgIpc) is 3.49. The molecule has 2 heterocycles. The molecular weight excluding hydrogens is 593 g/mol. The van der Waals surface area contributed by atoms with Crippen LogP contribution in [-0.2, 0) is 11.2 Å². The highest BCUT2D eigenvalue weighted by molar-refractivity contribution is 9.10. The lowest BCUT2D eigenvalue weighted by Crippen LogP contribution is -2.40. The molecule has 8 nitrogen and oxygen atoms in total. The summed E-state index contributed by atoms with van der Waals surface area (Å²) in [5.74, 6) is -0.823. The van der Waals surface area contributed by atoms with Gasteiger partial charge in [-0.3, -0.25) is 15.1 Å². The van der Waals surface area contributed by atoms with Crippen LogP contribution in [0.3, 0.4) is 0 Å². The molecule has 1 aliphatic heterocycles. The minimum Gasteiger partial charge on any atom is -0.506 e. The Morgan fingerprint density at radius 3 is 2.71 bits per heavy atom. The number of phenolic OH excluding ortho intramolecular Hbond substituents is 1. The molecule has 2 atom stereocenters. The predicted molar refractivity (Wildman–Crippen MR) is 152 cm³/mol. The number of aliphatic carboxylic acids is 1. The van der Waals surface area contributed by atoms with E-state index in [0.29, 0.717) is 68.4 Å². The number of aromatic amines is 1. The molecule has 0 amide bonds. The molecule has 1 aliphatic rings. The molecule has 4 aromatic rings. The fourth-order valence-corrected chi connectivity index (χ4v) is 6.07. The summed E-state index contributed by atoms with van der Waals surface area (Å²) in [6.45, 7) is 1.14. The first-order valence-electron chi connectivity index (χ1n) is 11.9. The standard InChI is InChI=1S/C27H24BrCl2N5O3/c28-19-10-15(9-18(24(19)36)26-33-21-4-2-14(25(31)32)11-22(21)34-26)17-6-8-35(23(17)27(37)38)7-5-13-1-3-16(29)12-20(13)30/h1-4,9-12,17,23,36H,5-8H2,(H3,31,32)(H,33,34)(H,37,38)/t17?,23-/m0/s1. The Morgan fingerprint density at radius 1 is 1.21 bits per heavy atom. The number of H-pyrrole nitrogens is 1. The number of phenols is 1. The lowest BCUT2D eigenvalue weighted by Gasteiger charge is -2.25. The Morgan fingerprint density at radius 2 is 2.00 bits per heavy atom. The van der Waals surface area contributed by atoms with E-state index in [0.717, 1.165) is 11.1 Å². The second kappa shape index (κ2) is 10.6. The van der Waals surface area contributed by atoms with Crippen LogP contribution in [0.2, 0.25) is 10.0 Å². The van der Waals surface area contributed by atoms with Crippen molar-refractivity contribution in [3.05, 3.63) is 79.7 Å². The second-order valence-corrected chi connectivity index (χ2v) is 11.0. The van der Waals surface area contributed by atoms with E-state index in [1.165, 1.54) is 0 Å². The van der Waals surface area contributed by atoms with E-state index in [-0.39, 0.29) is 17.5 Å². The minimum absolute atomic E-state index is 0.00120. The molecule has 0 radical (unpaired) electrons. The van der Waals surface area contributed by atoms with Crippen molar-refractivity contribution in [1.29, 1.82) is 5.41 Å². The zero-order chi connectivity index (χ0) is 27.1. The number of nitrogens with zero attached hydrogens (tertiary/aromatic N) is 2. The number of halogens is 3. The molecule has 3 aromatic carbocycles. The number of carboxylic acid groups (broad SMARTS) is 1. The van der Waals surface area contributed by atoms with Crippen molar-refractivity contribution < 1.29 is 15.0 Å². The van der Waals surface area contributed by atoms with Gasteiger partial charge in [0.2, 0.25) is 0 Å². The zero-order valence-electron chi connectivity index (χ0n) is 20.0. The van der Waals surface area contributed by atoms with Gasteiger partial charge in [0.25, 0.3) is 0 Å². The number of fused-ring (bicyclic) bond motifs is 1. The number of carbonyl (C=O) groups is 1. The van der Waals surface area contributed by atoms with E-state index in [1.54, 1.807) is 42.5 Å². The van der Waals surface area contributed by atoms with Gasteiger partial charge in [0, 0.05) is 28.1 Å². The number of nitrogen functional groups attached to an aromatic ring is 1. The molecule has 0 saturated carbocycles. The molecule has 38 heavy (non-hydrogen) atoms. The zero-order valence-corrected chi connectivity index (χ0v) is 23.1. The number of nitrogens with two attached hydrogens (primary N) is 1. The first-order valence-corrected chi connectivity index (χ1v) is 13.4. The van der Waals surface area contributed by atoms with Gasteiger partial charge in [-0.25, -0.2) is 4.98 Å². The van der Waals surface area contributed by atoms with Gasteiger partial charge >= 0.3 is 5.97 Å². The summed E-state index contributed by atoms with van der Waals surface area (Å²) in [6.07, 6.45) is 1.24. The summed E-state index contributed by atoms with van der Waals surface area (Å²) in [7, 11) is 0. The maximum atomic E-state index is 12.4. The van der Waals surface area contributed by atoms with Gasteiger partial charge in [-0.05, 0) is 88.9 Å². The van der Waals surface area contributed by atoms with Crippen molar-refractivity contribution in [1.82, 2.24) is 14.9 Å². The smallest absolute Gasteiger partial charge is 0.321 e. The van der Waals surface area contributed by atoms with Crippen LogP contribution in [0.15, 0.2) is 53.0 Å². The Balaban J connectivity index is 1.45. The van der Waals surface area contributed by atoms with Crippen LogP contribution in [-0.4, -0.2) is 56.0 Å². The van der Waals surface area contributed by atoms with Gasteiger partial charge in [-0.2, -0.15) is 0 Å². The monoisotopic (exact) mass is 615 g/mol. The quantitative estimate of drug-likeness (QED) is 0.132. The molecule has 5 rings (SSSR count). The fourth-order valence-electron chi connectivity index (χ4n) is 5.09. The number of imidazole rings is 1. The van der Waals surface area contributed by atoms with E-state index < -0.39 is 12.0 Å². The van der Waals surface area contributed by atoms with Crippen molar-refractivity contribution >= 4 is 62.0 Å². The highest BCUT2D eigenvalue weighted by atomic mass is 79.9. The van der Waals surface area contributed by atoms with Gasteiger partial charge in [0.1, 0.15) is 23.5 Å². The molecule has 0 aliphatic carbocycles. The number of likely N-dealkylation sites (tertiary alicyclic amines) is 1. The van der Waals surface area contributed by atoms with Crippen LogP contribution < -0.4 is 5.73 Å². The van der Waals surface area contributed by atoms with Crippen LogP contribution in [0.1, 0.15) is 29.0 Å². The van der Waals surface area contributed by atoms with Gasteiger partial charge in [0.15, 0.2) is 0 Å². The average molecular weight is 617 g/mol.